The van der Waals surface area contributed by atoms with Gasteiger partial charge in [0.15, 0.2) is 0 Å². The lowest BCUT2D eigenvalue weighted by Crippen LogP contribution is -2.34. The van der Waals surface area contributed by atoms with Crippen LogP contribution in [0, 0.1) is 0 Å². The second kappa shape index (κ2) is 8.97. The maximum Gasteiger partial charge on any atom is 0.238 e. The summed E-state index contributed by atoms with van der Waals surface area (Å²) in [6.07, 6.45) is 1.54. The summed E-state index contributed by atoms with van der Waals surface area (Å²) in [7, 11) is 1.91. The van der Waals surface area contributed by atoms with Crippen molar-refractivity contribution in [3.63, 3.8) is 0 Å². The number of likely N-dealkylation sites (N-methyl/N-ethyl adjacent to an activating group) is 1. The molecule has 0 aliphatic carbocycles. The molecule has 1 heterocycles. The number of nitrogen functional groups attached to an aromatic ring is 1. The number of amides is 1. The number of hydrogen-bond acceptors (Lipinski definition) is 4. The molecule has 1 aromatic rings. The number of rotatable bonds is 4. The van der Waals surface area contributed by atoms with E-state index in [0.29, 0.717) is 24.1 Å². The number of carbonyl (C=O) groups is 1. The fraction of sp³-hybridized carbons (Fsp3) is 0.455. The fourth-order valence-corrected chi connectivity index (χ4v) is 1.09. The van der Waals surface area contributed by atoms with Crippen molar-refractivity contribution in [3.8, 4) is 0 Å². The van der Waals surface area contributed by atoms with Gasteiger partial charge in [0.05, 0.1) is 18.4 Å². The van der Waals surface area contributed by atoms with Gasteiger partial charge in [0.2, 0.25) is 5.91 Å². The number of nitrogens with one attached hydrogen (secondary N) is 1. The van der Waals surface area contributed by atoms with Crippen LogP contribution in [0.5, 0.6) is 0 Å². The molecule has 0 fully saturated rings. The summed E-state index contributed by atoms with van der Waals surface area (Å²) in [5.41, 5.74) is 6.11. The summed E-state index contributed by atoms with van der Waals surface area (Å²) in [6.45, 7) is 4.44. The van der Waals surface area contributed by atoms with Gasteiger partial charge in [0, 0.05) is 6.04 Å². The maximum absolute atomic E-state index is 11.6. The normalized spacial score (nSPS) is 9.61. The predicted molar refractivity (Wildman–Crippen MR) is 79.5 cm³/mol. The van der Waals surface area contributed by atoms with Gasteiger partial charge >= 0.3 is 0 Å². The highest BCUT2D eigenvalue weighted by molar-refractivity contribution is 5.92. The summed E-state index contributed by atoms with van der Waals surface area (Å²) in [5.74, 6) is 0.389. The highest BCUT2D eigenvalue weighted by Gasteiger charge is 2.09. The second-order valence-corrected chi connectivity index (χ2v) is 4.03. The van der Waals surface area contributed by atoms with Crippen LogP contribution in [-0.2, 0) is 4.79 Å². The van der Waals surface area contributed by atoms with Gasteiger partial charge in [-0.25, -0.2) is 4.98 Å². The molecule has 1 amide bonds. The molecule has 0 spiro atoms. The van der Waals surface area contributed by atoms with Crippen molar-refractivity contribution in [2.45, 2.75) is 19.9 Å². The zero-order valence-corrected chi connectivity index (χ0v) is 12.3. The van der Waals surface area contributed by atoms with E-state index in [4.69, 9.17) is 5.73 Å². The first-order valence-corrected chi connectivity index (χ1v) is 5.20. The number of anilines is 2. The molecule has 0 aromatic carbocycles. The van der Waals surface area contributed by atoms with E-state index in [1.807, 2.05) is 25.8 Å². The smallest absolute Gasteiger partial charge is 0.238 e. The van der Waals surface area contributed by atoms with Gasteiger partial charge < -0.3 is 11.1 Å². The van der Waals surface area contributed by atoms with Gasteiger partial charge in [0.1, 0.15) is 5.82 Å². The summed E-state index contributed by atoms with van der Waals surface area (Å²) in [5, 5.41) is 2.76. The molecule has 3 N–H and O–H groups in total. The Morgan fingerprint density at radius 2 is 2.06 bits per heavy atom. The van der Waals surface area contributed by atoms with E-state index in [1.54, 1.807) is 18.3 Å². The summed E-state index contributed by atoms with van der Waals surface area (Å²) in [4.78, 5) is 17.5. The molecule has 0 aliphatic heterocycles. The number of nitrogens with two attached hydrogens (primary N) is 1. The van der Waals surface area contributed by atoms with Crippen molar-refractivity contribution in [2.75, 3.05) is 24.6 Å². The number of nitrogens with zero attached hydrogens (tertiary/aromatic N) is 2. The van der Waals surface area contributed by atoms with Crippen LogP contribution in [0.2, 0.25) is 0 Å². The van der Waals surface area contributed by atoms with Crippen LogP contribution in [0.1, 0.15) is 13.8 Å². The Labute approximate surface area is 120 Å². The lowest BCUT2D eigenvalue weighted by molar-refractivity contribution is -0.117. The van der Waals surface area contributed by atoms with E-state index >= 15 is 0 Å². The quantitative estimate of drug-likeness (QED) is 0.888. The minimum atomic E-state index is -0.0530. The minimum absolute atomic E-state index is 0. The average Bonchev–Trinajstić information content (AvgIpc) is 2.21. The van der Waals surface area contributed by atoms with Crippen LogP contribution in [0.15, 0.2) is 18.3 Å². The topological polar surface area (TPSA) is 71.2 Å². The first-order valence-electron chi connectivity index (χ1n) is 5.20. The highest BCUT2D eigenvalue weighted by atomic mass is 35.5. The third-order valence-corrected chi connectivity index (χ3v) is 2.34. The largest absolute Gasteiger partial charge is 0.384 e. The number of halogens is 2. The Morgan fingerprint density at radius 3 is 2.50 bits per heavy atom. The van der Waals surface area contributed by atoms with Crippen LogP contribution >= 0.6 is 24.8 Å². The fourth-order valence-electron chi connectivity index (χ4n) is 1.09. The molecule has 1 aromatic heterocycles. The first kappa shape index (κ1) is 19.3. The molecule has 0 unspecified atom stereocenters. The molecule has 0 saturated heterocycles. The number of aromatic nitrogens is 1. The Balaban J connectivity index is 0. The molecule has 0 aliphatic rings. The molecule has 0 bridgehead atoms. The first-order chi connectivity index (χ1) is 7.49. The number of hydrogen-bond donors (Lipinski definition) is 2. The second-order valence-electron chi connectivity index (χ2n) is 4.03. The van der Waals surface area contributed by atoms with Crippen molar-refractivity contribution in [3.05, 3.63) is 18.3 Å². The van der Waals surface area contributed by atoms with Gasteiger partial charge in [0.25, 0.3) is 0 Å². The molecule has 104 valence electrons. The third-order valence-electron chi connectivity index (χ3n) is 2.34. The van der Waals surface area contributed by atoms with Crippen LogP contribution in [0.4, 0.5) is 11.5 Å². The lowest BCUT2D eigenvalue weighted by atomic mass is 10.3. The number of carbonyl (C=O) groups excluding carboxylic acids is 1. The highest BCUT2D eigenvalue weighted by Crippen LogP contribution is 2.06. The number of pyridine rings is 1. The predicted octanol–water partition coefficient (Wildman–Crippen LogP) is 1.79. The van der Waals surface area contributed by atoms with Crippen molar-refractivity contribution < 1.29 is 4.79 Å². The average molecular weight is 295 g/mol. The van der Waals surface area contributed by atoms with E-state index in [-0.39, 0.29) is 30.7 Å². The third kappa shape index (κ3) is 6.64. The Bertz CT molecular complexity index is 357. The molecule has 5 nitrogen and oxygen atoms in total. The Morgan fingerprint density at radius 1 is 1.44 bits per heavy atom. The van der Waals surface area contributed by atoms with Crippen molar-refractivity contribution in [2.24, 2.45) is 0 Å². The van der Waals surface area contributed by atoms with Crippen LogP contribution < -0.4 is 11.1 Å². The van der Waals surface area contributed by atoms with Crippen molar-refractivity contribution >= 4 is 42.2 Å². The molecular weight excluding hydrogens is 275 g/mol. The van der Waals surface area contributed by atoms with E-state index in [2.05, 4.69) is 10.3 Å². The van der Waals surface area contributed by atoms with E-state index in [9.17, 15) is 4.79 Å². The summed E-state index contributed by atoms with van der Waals surface area (Å²) >= 11 is 0. The molecule has 0 saturated carbocycles. The molecular formula is C11H20Cl2N4O. The van der Waals surface area contributed by atoms with E-state index in [0.717, 1.165) is 0 Å². The van der Waals surface area contributed by atoms with Crippen molar-refractivity contribution in [1.29, 1.82) is 0 Å². The van der Waals surface area contributed by atoms with Gasteiger partial charge in [-0.05, 0) is 33.0 Å². The zero-order chi connectivity index (χ0) is 12.1. The molecule has 0 atom stereocenters. The standard InChI is InChI=1S/C11H18N4O.2ClH/c1-8(2)15(3)7-11(16)14-9-4-5-10(12)13-6-9;;/h4-6,8H,7H2,1-3H3,(H2,12,13)(H,14,16);2*1H. The minimum Gasteiger partial charge on any atom is -0.384 e. The van der Waals surface area contributed by atoms with E-state index in [1.165, 1.54) is 0 Å². The van der Waals surface area contributed by atoms with Crippen LogP contribution in [0.3, 0.4) is 0 Å². The van der Waals surface area contributed by atoms with Gasteiger partial charge in [-0.2, -0.15) is 0 Å². The van der Waals surface area contributed by atoms with Crippen LogP contribution in [0.25, 0.3) is 0 Å². The van der Waals surface area contributed by atoms with Gasteiger partial charge in [-0.15, -0.1) is 24.8 Å². The van der Waals surface area contributed by atoms with E-state index < -0.39 is 0 Å². The SMILES string of the molecule is CC(C)N(C)CC(=O)Nc1ccc(N)nc1.Cl.Cl. The maximum atomic E-state index is 11.6. The Kier molecular flexibility index (Phi) is 9.61. The molecule has 1 rings (SSSR count). The van der Waals surface area contributed by atoms with Gasteiger partial charge in [-0.1, -0.05) is 0 Å². The molecule has 7 heteroatoms. The van der Waals surface area contributed by atoms with Crippen LogP contribution in [-0.4, -0.2) is 35.4 Å². The molecule has 0 radical (unpaired) electrons. The lowest BCUT2D eigenvalue weighted by Gasteiger charge is -2.20. The zero-order valence-electron chi connectivity index (χ0n) is 10.7. The monoisotopic (exact) mass is 294 g/mol. The summed E-state index contributed by atoms with van der Waals surface area (Å²) in [6, 6.07) is 3.73. The summed E-state index contributed by atoms with van der Waals surface area (Å²) < 4.78 is 0. The Hall–Kier alpha value is -1.04. The van der Waals surface area contributed by atoms with Crippen molar-refractivity contribution in [1.82, 2.24) is 9.88 Å². The molecule has 18 heavy (non-hydrogen) atoms. The van der Waals surface area contributed by atoms with Gasteiger partial charge in [-0.3, -0.25) is 9.69 Å².